The maximum absolute atomic E-state index is 12.3. The summed E-state index contributed by atoms with van der Waals surface area (Å²) in [4.78, 5) is 14.2. The van der Waals surface area contributed by atoms with Crippen LogP contribution >= 0.6 is 0 Å². The van der Waals surface area contributed by atoms with Crippen LogP contribution in [0.25, 0.3) is 0 Å². The molecule has 0 aromatic heterocycles. The minimum Gasteiger partial charge on any atom is -0.497 e. The van der Waals surface area contributed by atoms with Crippen LogP contribution in [0, 0.1) is 0 Å². The highest BCUT2D eigenvalue weighted by atomic mass is 16.5. The Morgan fingerprint density at radius 1 is 1.29 bits per heavy atom. The van der Waals surface area contributed by atoms with Gasteiger partial charge in [0.05, 0.1) is 20.3 Å². The van der Waals surface area contributed by atoms with Gasteiger partial charge < -0.3 is 20.1 Å². The van der Waals surface area contributed by atoms with E-state index in [2.05, 4.69) is 0 Å². The lowest BCUT2D eigenvalue weighted by molar-refractivity contribution is -0.139. The summed E-state index contributed by atoms with van der Waals surface area (Å²) in [5.74, 6) is 1.58. The second-order valence-corrected chi connectivity index (χ2v) is 5.65. The predicted octanol–water partition coefficient (Wildman–Crippen LogP) is 2.10. The van der Waals surface area contributed by atoms with Crippen molar-refractivity contribution in [3.63, 3.8) is 0 Å². The lowest BCUT2D eigenvalue weighted by Gasteiger charge is -2.42. The quantitative estimate of drug-likeness (QED) is 0.923. The molecule has 0 aliphatic carbocycles. The molecule has 1 aliphatic rings. The highest BCUT2D eigenvalue weighted by Crippen LogP contribution is 2.38. The second-order valence-electron chi connectivity index (χ2n) is 5.65. The van der Waals surface area contributed by atoms with E-state index in [1.165, 1.54) is 0 Å². The van der Waals surface area contributed by atoms with E-state index in [-0.39, 0.29) is 24.0 Å². The van der Waals surface area contributed by atoms with Gasteiger partial charge in [-0.15, -0.1) is 0 Å². The lowest BCUT2D eigenvalue weighted by atomic mass is 9.89. The molecule has 2 rings (SSSR count). The first-order valence-corrected chi connectivity index (χ1v) is 7.28. The Balaban J connectivity index is 2.47. The van der Waals surface area contributed by atoms with E-state index in [0.29, 0.717) is 18.6 Å². The molecule has 1 aliphatic heterocycles. The summed E-state index contributed by atoms with van der Waals surface area (Å²) in [6, 6.07) is 5.50. The van der Waals surface area contributed by atoms with E-state index in [1.807, 2.05) is 36.9 Å². The number of rotatable bonds is 4. The number of likely N-dealkylation sites (tertiary alicyclic amines) is 1. The third-order valence-corrected chi connectivity index (χ3v) is 4.00. The Labute approximate surface area is 126 Å². The third kappa shape index (κ3) is 2.97. The van der Waals surface area contributed by atoms with Gasteiger partial charge in [-0.3, -0.25) is 4.79 Å². The van der Waals surface area contributed by atoms with Crippen molar-refractivity contribution in [1.29, 1.82) is 0 Å². The first-order valence-electron chi connectivity index (χ1n) is 7.28. The SMILES string of the molecule is COc1ccc(C2C(N)CCC(=O)N2C(C)C)c(OC)c1. The van der Waals surface area contributed by atoms with Crippen molar-refractivity contribution in [2.24, 2.45) is 5.73 Å². The minimum absolute atomic E-state index is 0.0904. The molecule has 2 N–H and O–H groups in total. The van der Waals surface area contributed by atoms with E-state index in [9.17, 15) is 4.79 Å². The molecule has 1 heterocycles. The molecule has 2 unspecified atom stereocenters. The van der Waals surface area contributed by atoms with E-state index in [1.54, 1.807) is 14.2 Å². The molecule has 0 bridgehead atoms. The number of piperidine rings is 1. The van der Waals surface area contributed by atoms with Crippen molar-refractivity contribution < 1.29 is 14.3 Å². The fraction of sp³-hybridized carbons (Fsp3) is 0.562. The van der Waals surface area contributed by atoms with Gasteiger partial charge in [0.25, 0.3) is 0 Å². The standard InChI is InChI=1S/C16H24N2O3/c1-10(2)18-15(19)8-7-13(17)16(18)12-6-5-11(20-3)9-14(12)21-4/h5-6,9-10,13,16H,7-8,17H2,1-4H3. The number of hydrogen-bond donors (Lipinski definition) is 1. The van der Waals surface area contributed by atoms with Gasteiger partial charge in [0.1, 0.15) is 11.5 Å². The molecule has 1 fully saturated rings. The molecule has 5 nitrogen and oxygen atoms in total. The van der Waals surface area contributed by atoms with Gasteiger partial charge in [-0.1, -0.05) is 0 Å². The topological polar surface area (TPSA) is 64.8 Å². The summed E-state index contributed by atoms with van der Waals surface area (Å²) in [7, 11) is 3.24. The van der Waals surface area contributed by atoms with Crippen LogP contribution in [0.15, 0.2) is 18.2 Å². The number of amides is 1. The van der Waals surface area contributed by atoms with Crippen molar-refractivity contribution in [3.05, 3.63) is 23.8 Å². The molecular formula is C16H24N2O3. The lowest BCUT2D eigenvalue weighted by Crippen LogP contribution is -2.51. The molecule has 1 saturated heterocycles. The highest BCUT2D eigenvalue weighted by Gasteiger charge is 2.37. The molecule has 21 heavy (non-hydrogen) atoms. The average molecular weight is 292 g/mol. The minimum atomic E-state index is -0.160. The Bertz CT molecular complexity index is 516. The molecule has 1 amide bonds. The van der Waals surface area contributed by atoms with Crippen LogP contribution in [0.2, 0.25) is 0 Å². The number of hydrogen-bond acceptors (Lipinski definition) is 4. The largest absolute Gasteiger partial charge is 0.497 e. The number of ether oxygens (including phenoxy) is 2. The number of nitrogens with two attached hydrogens (primary N) is 1. The van der Waals surface area contributed by atoms with Gasteiger partial charge in [0, 0.05) is 30.1 Å². The molecule has 0 spiro atoms. The monoisotopic (exact) mass is 292 g/mol. The molecule has 2 atom stereocenters. The van der Waals surface area contributed by atoms with Crippen LogP contribution in [0.5, 0.6) is 11.5 Å². The van der Waals surface area contributed by atoms with Gasteiger partial charge in [-0.25, -0.2) is 0 Å². The van der Waals surface area contributed by atoms with Crippen molar-refractivity contribution >= 4 is 5.91 Å². The molecule has 5 heteroatoms. The zero-order chi connectivity index (χ0) is 15.6. The number of benzene rings is 1. The summed E-state index contributed by atoms with van der Waals surface area (Å²) >= 11 is 0. The van der Waals surface area contributed by atoms with Crippen LogP contribution < -0.4 is 15.2 Å². The first kappa shape index (κ1) is 15.6. The average Bonchev–Trinajstić information content (AvgIpc) is 2.48. The van der Waals surface area contributed by atoms with Crippen molar-refractivity contribution in [2.75, 3.05) is 14.2 Å². The fourth-order valence-electron chi connectivity index (χ4n) is 2.99. The van der Waals surface area contributed by atoms with E-state index in [0.717, 1.165) is 11.3 Å². The predicted molar refractivity (Wildman–Crippen MR) is 81.5 cm³/mol. The Hall–Kier alpha value is -1.75. The molecule has 0 radical (unpaired) electrons. The van der Waals surface area contributed by atoms with E-state index >= 15 is 0 Å². The van der Waals surface area contributed by atoms with Crippen molar-refractivity contribution in [1.82, 2.24) is 4.90 Å². The molecular weight excluding hydrogens is 268 g/mol. The third-order valence-electron chi connectivity index (χ3n) is 4.00. The van der Waals surface area contributed by atoms with Crippen LogP contribution in [0.3, 0.4) is 0 Å². The molecule has 1 aromatic carbocycles. The van der Waals surface area contributed by atoms with Crippen LogP contribution in [-0.2, 0) is 4.79 Å². The highest BCUT2D eigenvalue weighted by molar-refractivity contribution is 5.78. The summed E-state index contributed by atoms with van der Waals surface area (Å²) in [6.45, 7) is 4.03. The van der Waals surface area contributed by atoms with Crippen molar-refractivity contribution in [2.45, 2.75) is 44.8 Å². The number of carbonyl (C=O) groups is 1. The summed E-state index contributed by atoms with van der Waals surface area (Å²) in [5.41, 5.74) is 7.25. The summed E-state index contributed by atoms with van der Waals surface area (Å²) in [6.07, 6.45) is 1.20. The fourth-order valence-corrected chi connectivity index (χ4v) is 2.99. The second kappa shape index (κ2) is 6.35. The Kier molecular flexibility index (Phi) is 4.73. The summed E-state index contributed by atoms with van der Waals surface area (Å²) < 4.78 is 10.7. The van der Waals surface area contributed by atoms with E-state index < -0.39 is 0 Å². The zero-order valence-electron chi connectivity index (χ0n) is 13.1. The van der Waals surface area contributed by atoms with Crippen molar-refractivity contribution in [3.8, 4) is 11.5 Å². The first-order chi connectivity index (χ1) is 9.99. The van der Waals surface area contributed by atoms with Gasteiger partial charge in [0.2, 0.25) is 5.91 Å². The maximum atomic E-state index is 12.3. The number of carbonyl (C=O) groups excluding carboxylic acids is 1. The smallest absolute Gasteiger partial charge is 0.223 e. The zero-order valence-corrected chi connectivity index (χ0v) is 13.1. The van der Waals surface area contributed by atoms with E-state index in [4.69, 9.17) is 15.2 Å². The van der Waals surface area contributed by atoms with Gasteiger partial charge >= 0.3 is 0 Å². The van der Waals surface area contributed by atoms with Crippen LogP contribution in [-0.4, -0.2) is 37.1 Å². The van der Waals surface area contributed by atoms with Crippen LogP contribution in [0.4, 0.5) is 0 Å². The maximum Gasteiger partial charge on any atom is 0.223 e. The van der Waals surface area contributed by atoms with Crippen LogP contribution in [0.1, 0.15) is 38.3 Å². The Morgan fingerprint density at radius 3 is 2.57 bits per heavy atom. The van der Waals surface area contributed by atoms with Gasteiger partial charge in [0.15, 0.2) is 0 Å². The molecule has 116 valence electrons. The normalized spacial score (nSPS) is 22.6. The molecule has 1 aromatic rings. The summed E-state index contributed by atoms with van der Waals surface area (Å²) in [5, 5.41) is 0. The van der Waals surface area contributed by atoms with Gasteiger partial charge in [-0.05, 0) is 32.4 Å². The number of nitrogens with zero attached hydrogens (tertiary/aromatic N) is 1. The van der Waals surface area contributed by atoms with Gasteiger partial charge in [-0.2, -0.15) is 0 Å². The Morgan fingerprint density at radius 2 is 2.00 bits per heavy atom. The number of methoxy groups -OCH3 is 2. The molecule has 0 saturated carbocycles.